The van der Waals surface area contributed by atoms with E-state index in [1.54, 1.807) is 35.4 Å². The largest absolute Gasteiger partial charge is 0.467 e. The number of benzene rings is 2. The molecule has 0 N–H and O–H groups in total. The summed E-state index contributed by atoms with van der Waals surface area (Å²) < 4.78 is 11.2. The number of fused-ring (bicyclic) bond motifs is 1. The van der Waals surface area contributed by atoms with Gasteiger partial charge in [0, 0.05) is 37.4 Å². The summed E-state index contributed by atoms with van der Waals surface area (Å²) in [6.45, 7) is 0.569. The van der Waals surface area contributed by atoms with Gasteiger partial charge in [0.05, 0.1) is 18.2 Å². The van der Waals surface area contributed by atoms with Gasteiger partial charge in [0.1, 0.15) is 11.3 Å². The van der Waals surface area contributed by atoms with Crippen LogP contribution in [-0.4, -0.2) is 24.9 Å². The molecule has 0 aliphatic heterocycles. The highest BCUT2D eigenvalue weighted by Crippen LogP contribution is 2.21. The van der Waals surface area contributed by atoms with Gasteiger partial charge in [-0.05, 0) is 48.0 Å². The number of rotatable bonds is 6. The fraction of sp³-hybridized carbons (Fsp3) is 0.167. The molecule has 2 aromatic carbocycles. The van der Waals surface area contributed by atoms with E-state index in [0.717, 1.165) is 11.3 Å². The third kappa shape index (κ3) is 4.64. The quantitative estimate of drug-likeness (QED) is 0.428. The lowest BCUT2D eigenvalue weighted by Crippen LogP contribution is -2.30. The van der Waals surface area contributed by atoms with E-state index in [9.17, 15) is 9.59 Å². The normalized spacial score (nSPS) is 10.9. The van der Waals surface area contributed by atoms with Crippen LogP contribution in [0.15, 0.2) is 80.6 Å². The minimum Gasteiger partial charge on any atom is -0.467 e. The predicted molar refractivity (Wildman–Crippen MR) is 121 cm³/mol. The Morgan fingerprint density at radius 2 is 1.77 bits per heavy atom. The van der Waals surface area contributed by atoms with Gasteiger partial charge in [0.2, 0.25) is 0 Å². The van der Waals surface area contributed by atoms with Crippen LogP contribution >= 0.6 is 11.6 Å². The number of nitrogens with zero attached hydrogens (tertiary/aromatic N) is 2. The summed E-state index contributed by atoms with van der Waals surface area (Å²) in [5.74, 6) is 0.200. The van der Waals surface area contributed by atoms with E-state index < -0.39 is 5.91 Å². The van der Waals surface area contributed by atoms with E-state index in [1.807, 2.05) is 43.3 Å². The fourth-order valence-corrected chi connectivity index (χ4v) is 3.47. The summed E-state index contributed by atoms with van der Waals surface area (Å²) in [6, 6.07) is 17.4. The highest BCUT2D eigenvalue weighted by atomic mass is 35.5. The lowest BCUT2D eigenvalue weighted by molar-refractivity contribution is 0.0686. The minimum atomic E-state index is -0.401. The molecule has 7 heteroatoms. The molecule has 1 amide bonds. The van der Waals surface area contributed by atoms with Gasteiger partial charge in [-0.3, -0.25) is 9.59 Å². The molecule has 0 aliphatic rings. The number of hydrogen-bond acceptors (Lipinski definition) is 5. The van der Waals surface area contributed by atoms with Crippen LogP contribution in [-0.2, 0) is 13.1 Å². The second-order valence-electron chi connectivity index (χ2n) is 7.42. The SMILES string of the molecule is CN(C)c1ccc(CN(Cc2ccco2)C(=O)c2cc(=O)c3cc(Cl)ccc3o2)cc1. The number of carbonyl (C=O) groups excluding carboxylic acids is 1. The first-order chi connectivity index (χ1) is 14.9. The summed E-state index contributed by atoms with van der Waals surface area (Å²) in [5, 5.41) is 0.764. The average molecular weight is 437 g/mol. The van der Waals surface area contributed by atoms with Crippen molar-refractivity contribution in [2.75, 3.05) is 19.0 Å². The second-order valence-corrected chi connectivity index (χ2v) is 7.85. The Hall–Kier alpha value is -3.51. The second kappa shape index (κ2) is 8.70. The zero-order chi connectivity index (χ0) is 22.0. The Morgan fingerprint density at radius 1 is 1.00 bits per heavy atom. The van der Waals surface area contributed by atoms with Gasteiger partial charge >= 0.3 is 0 Å². The molecule has 4 aromatic rings. The smallest absolute Gasteiger partial charge is 0.290 e. The van der Waals surface area contributed by atoms with E-state index >= 15 is 0 Å². The monoisotopic (exact) mass is 436 g/mol. The van der Waals surface area contributed by atoms with Crippen molar-refractivity contribution in [1.29, 1.82) is 0 Å². The Kier molecular flexibility index (Phi) is 5.82. The van der Waals surface area contributed by atoms with Gasteiger partial charge in [0.15, 0.2) is 11.2 Å². The van der Waals surface area contributed by atoms with Crippen molar-refractivity contribution in [3.05, 3.63) is 99.3 Å². The van der Waals surface area contributed by atoms with Crippen molar-refractivity contribution in [3.63, 3.8) is 0 Å². The summed E-state index contributed by atoms with van der Waals surface area (Å²) in [7, 11) is 3.94. The fourth-order valence-electron chi connectivity index (χ4n) is 3.30. The molecule has 158 valence electrons. The zero-order valence-electron chi connectivity index (χ0n) is 17.2. The molecule has 0 atom stereocenters. The van der Waals surface area contributed by atoms with Gasteiger partial charge in [-0.1, -0.05) is 23.7 Å². The molecule has 6 nitrogen and oxygen atoms in total. The Balaban J connectivity index is 1.67. The maximum atomic E-state index is 13.3. The van der Waals surface area contributed by atoms with E-state index in [1.165, 1.54) is 12.1 Å². The first kappa shape index (κ1) is 20.8. The third-order valence-electron chi connectivity index (χ3n) is 4.94. The van der Waals surface area contributed by atoms with Crippen molar-refractivity contribution in [3.8, 4) is 0 Å². The average Bonchev–Trinajstić information content (AvgIpc) is 3.26. The zero-order valence-corrected chi connectivity index (χ0v) is 17.9. The molecule has 0 aliphatic carbocycles. The topological polar surface area (TPSA) is 66.9 Å². The van der Waals surface area contributed by atoms with Crippen LogP contribution in [0.4, 0.5) is 5.69 Å². The lowest BCUT2D eigenvalue weighted by Gasteiger charge is -2.22. The number of carbonyl (C=O) groups is 1. The number of halogens is 1. The van der Waals surface area contributed by atoms with Crippen molar-refractivity contribution >= 4 is 34.2 Å². The van der Waals surface area contributed by atoms with Crippen molar-refractivity contribution in [2.45, 2.75) is 13.1 Å². The molecule has 2 heterocycles. The molecule has 0 radical (unpaired) electrons. The van der Waals surface area contributed by atoms with Gasteiger partial charge < -0.3 is 18.6 Å². The highest BCUT2D eigenvalue weighted by Gasteiger charge is 2.21. The van der Waals surface area contributed by atoms with E-state index in [0.29, 0.717) is 28.3 Å². The first-order valence-corrected chi connectivity index (χ1v) is 10.1. The van der Waals surface area contributed by atoms with Gasteiger partial charge in [-0.25, -0.2) is 0 Å². The van der Waals surface area contributed by atoms with Crippen LogP contribution in [0, 0.1) is 0 Å². The molecule has 0 bridgehead atoms. The molecule has 0 saturated heterocycles. The number of furan rings is 1. The molecule has 31 heavy (non-hydrogen) atoms. The van der Waals surface area contributed by atoms with E-state index in [4.69, 9.17) is 20.4 Å². The maximum Gasteiger partial charge on any atom is 0.290 e. The van der Waals surface area contributed by atoms with Crippen molar-refractivity contribution in [2.24, 2.45) is 0 Å². The summed E-state index contributed by atoms with van der Waals surface area (Å²) in [5.41, 5.74) is 2.00. The molecule has 0 spiro atoms. The van der Waals surface area contributed by atoms with Crippen LogP contribution in [0.5, 0.6) is 0 Å². The summed E-state index contributed by atoms with van der Waals surface area (Å²) >= 11 is 5.97. The van der Waals surface area contributed by atoms with Crippen LogP contribution in [0.25, 0.3) is 11.0 Å². The van der Waals surface area contributed by atoms with E-state index in [-0.39, 0.29) is 17.7 Å². The predicted octanol–water partition coefficient (Wildman–Crippen LogP) is 4.95. The third-order valence-corrected chi connectivity index (χ3v) is 5.18. The maximum absolute atomic E-state index is 13.3. The van der Waals surface area contributed by atoms with Crippen LogP contribution in [0.2, 0.25) is 5.02 Å². The van der Waals surface area contributed by atoms with Gasteiger partial charge in [-0.2, -0.15) is 0 Å². The standard InChI is InChI=1S/C24H21ClN2O4/c1-26(2)18-8-5-16(6-9-18)14-27(15-19-4-3-11-30-19)24(29)23-13-21(28)20-12-17(25)7-10-22(20)31-23/h3-13H,14-15H2,1-2H3. The molecular weight excluding hydrogens is 416 g/mol. The highest BCUT2D eigenvalue weighted by molar-refractivity contribution is 6.31. The van der Waals surface area contributed by atoms with Crippen LogP contribution < -0.4 is 10.3 Å². The summed E-state index contributed by atoms with van der Waals surface area (Å²) in [6.07, 6.45) is 1.56. The van der Waals surface area contributed by atoms with Crippen LogP contribution in [0.1, 0.15) is 21.9 Å². The van der Waals surface area contributed by atoms with Crippen molar-refractivity contribution in [1.82, 2.24) is 4.90 Å². The number of anilines is 1. The Bertz CT molecular complexity index is 1260. The number of amides is 1. The molecule has 0 unspecified atom stereocenters. The van der Waals surface area contributed by atoms with E-state index in [2.05, 4.69) is 0 Å². The molecule has 0 fully saturated rings. The molecule has 0 saturated carbocycles. The van der Waals surface area contributed by atoms with Crippen LogP contribution in [0.3, 0.4) is 0 Å². The summed E-state index contributed by atoms with van der Waals surface area (Å²) in [4.78, 5) is 29.5. The number of hydrogen-bond donors (Lipinski definition) is 0. The first-order valence-electron chi connectivity index (χ1n) is 9.72. The Morgan fingerprint density at radius 3 is 2.45 bits per heavy atom. The van der Waals surface area contributed by atoms with Crippen molar-refractivity contribution < 1.29 is 13.6 Å². The Labute approximate surface area is 184 Å². The molecule has 4 rings (SSSR count). The van der Waals surface area contributed by atoms with Gasteiger partial charge in [0.25, 0.3) is 5.91 Å². The molecular formula is C24H21ClN2O4. The van der Waals surface area contributed by atoms with Gasteiger partial charge in [-0.15, -0.1) is 0 Å². The lowest BCUT2D eigenvalue weighted by atomic mass is 10.1. The molecule has 2 aromatic heterocycles. The minimum absolute atomic E-state index is 0.0312.